The average Bonchev–Trinajstić information content (AvgIpc) is 3.58. The molecule has 6 rings (SSSR count). The van der Waals surface area contributed by atoms with Crippen LogP contribution in [0.5, 0.6) is 0 Å². The number of pyridine rings is 1. The number of sulfonamides is 1. The Morgan fingerprint density at radius 2 is 1.70 bits per heavy atom. The number of fused-ring (bicyclic) bond motifs is 1. The molecule has 0 spiro atoms. The molecular formula is C27H27BFN5O5S. The highest BCUT2D eigenvalue weighted by Crippen LogP contribution is 2.34. The third kappa shape index (κ3) is 4.29. The lowest BCUT2D eigenvalue weighted by molar-refractivity contribution is 0.477. The van der Waals surface area contributed by atoms with Crippen LogP contribution in [0.15, 0.2) is 67.8 Å². The molecule has 1 aliphatic carbocycles. The van der Waals surface area contributed by atoms with Gasteiger partial charge in [-0.05, 0) is 56.0 Å². The smallest absolute Gasteiger partial charge is 0.337 e. The predicted molar refractivity (Wildman–Crippen MR) is 153 cm³/mol. The van der Waals surface area contributed by atoms with E-state index in [1.165, 1.54) is 56.9 Å². The zero-order chi connectivity index (χ0) is 28.3. The van der Waals surface area contributed by atoms with Gasteiger partial charge in [0.25, 0.3) is 11.1 Å². The minimum absolute atomic E-state index is 0.0112. The molecule has 2 aliphatic rings. The first-order valence-corrected chi connectivity index (χ1v) is 14.6. The molecule has 1 aliphatic heterocycles. The van der Waals surface area contributed by atoms with Crippen molar-refractivity contribution in [2.24, 2.45) is 7.05 Å². The molecule has 1 saturated carbocycles. The third-order valence-corrected chi connectivity index (χ3v) is 9.43. The summed E-state index contributed by atoms with van der Waals surface area (Å²) in [5, 5.41) is 2.90. The first-order chi connectivity index (χ1) is 19.1. The number of aromatic nitrogens is 3. The molecule has 0 atom stereocenters. The Bertz CT molecular complexity index is 1970. The van der Waals surface area contributed by atoms with Crippen LogP contribution in [-0.2, 0) is 17.1 Å². The van der Waals surface area contributed by atoms with Crippen LogP contribution in [0.3, 0.4) is 0 Å². The van der Waals surface area contributed by atoms with Crippen LogP contribution in [0.25, 0.3) is 16.7 Å². The third-order valence-electron chi connectivity index (χ3n) is 7.54. The van der Waals surface area contributed by atoms with Gasteiger partial charge < -0.3 is 5.32 Å². The van der Waals surface area contributed by atoms with Gasteiger partial charge in [0.05, 0.1) is 22.0 Å². The minimum atomic E-state index is -3.81. The van der Waals surface area contributed by atoms with Crippen LogP contribution in [0.2, 0.25) is 0 Å². The fourth-order valence-corrected chi connectivity index (χ4v) is 6.83. The van der Waals surface area contributed by atoms with Crippen molar-refractivity contribution in [1.29, 1.82) is 0 Å². The zero-order valence-electron chi connectivity index (χ0n) is 22.1. The Morgan fingerprint density at radius 1 is 0.975 bits per heavy atom. The lowest BCUT2D eigenvalue weighted by atomic mass is 9.96. The normalized spacial score (nSPS) is 16.1. The molecule has 0 amide bonds. The first kappa shape index (κ1) is 26.3. The molecule has 3 heterocycles. The number of halogens is 1. The summed E-state index contributed by atoms with van der Waals surface area (Å²) in [7, 11) is -0.631. The van der Waals surface area contributed by atoms with E-state index >= 15 is 0 Å². The highest BCUT2D eigenvalue weighted by Gasteiger charge is 2.32. The standard InChI is InChI=1S/C27H27BFN5O5S/c1-31-23(35)15-22(30-21-10-7-16(28)13-20(21)29)24-25(31)33(27(37)34(26(24)36)17-8-9-17)18-5-4-6-19(14-18)40(38,39)32-11-2-3-12-32/h4-7,10,13-15,17,30H,2-3,8-9,11-12,28H2,1H3. The number of nitrogens with one attached hydrogen (secondary N) is 1. The van der Waals surface area contributed by atoms with Crippen LogP contribution in [0.1, 0.15) is 31.7 Å². The number of rotatable bonds is 6. The molecule has 40 heavy (non-hydrogen) atoms. The van der Waals surface area contributed by atoms with E-state index in [9.17, 15) is 27.2 Å². The van der Waals surface area contributed by atoms with Crippen LogP contribution in [-0.4, -0.2) is 47.4 Å². The highest BCUT2D eigenvalue weighted by atomic mass is 32.2. The van der Waals surface area contributed by atoms with Gasteiger partial charge in [0, 0.05) is 32.2 Å². The number of hydrogen-bond acceptors (Lipinski definition) is 6. The van der Waals surface area contributed by atoms with Gasteiger partial charge in [-0.3, -0.25) is 18.7 Å². The molecule has 13 heteroatoms. The number of aryl methyl sites for hydroxylation is 1. The average molecular weight is 563 g/mol. The van der Waals surface area contributed by atoms with E-state index in [-0.39, 0.29) is 39.0 Å². The summed E-state index contributed by atoms with van der Waals surface area (Å²) in [5.41, 5.74) is -0.840. The molecule has 0 unspecified atom stereocenters. The lowest BCUT2D eigenvalue weighted by Crippen LogP contribution is -2.41. The van der Waals surface area contributed by atoms with Crippen LogP contribution >= 0.6 is 0 Å². The maximum absolute atomic E-state index is 14.8. The van der Waals surface area contributed by atoms with Gasteiger partial charge in [0.1, 0.15) is 24.7 Å². The Labute approximate surface area is 229 Å². The van der Waals surface area contributed by atoms with Crippen molar-refractivity contribution in [3.05, 3.63) is 85.5 Å². The highest BCUT2D eigenvalue weighted by molar-refractivity contribution is 7.89. The van der Waals surface area contributed by atoms with Gasteiger partial charge in [-0.2, -0.15) is 4.31 Å². The molecule has 2 aromatic heterocycles. The van der Waals surface area contributed by atoms with E-state index in [0.29, 0.717) is 31.4 Å². The van der Waals surface area contributed by atoms with Crippen molar-refractivity contribution in [1.82, 2.24) is 18.0 Å². The van der Waals surface area contributed by atoms with Gasteiger partial charge in [0.2, 0.25) is 10.0 Å². The van der Waals surface area contributed by atoms with Crippen LogP contribution < -0.4 is 27.6 Å². The monoisotopic (exact) mass is 563 g/mol. The quantitative estimate of drug-likeness (QED) is 0.352. The minimum Gasteiger partial charge on any atom is -0.352 e. The number of anilines is 2. The van der Waals surface area contributed by atoms with E-state index in [2.05, 4.69) is 5.32 Å². The SMILES string of the molecule is Bc1ccc(Nc2cc(=O)n(C)c3c2c(=O)n(C2CC2)c(=O)n3-c2cccc(S(=O)(=O)N3CCCC3)c2)c(F)c1. The van der Waals surface area contributed by atoms with Gasteiger partial charge in [0.15, 0.2) is 0 Å². The second-order valence-electron chi connectivity index (χ2n) is 10.4. The fourth-order valence-electron chi connectivity index (χ4n) is 5.28. The van der Waals surface area contributed by atoms with Gasteiger partial charge in [-0.1, -0.05) is 17.6 Å². The summed E-state index contributed by atoms with van der Waals surface area (Å²) in [6.45, 7) is 0.836. The maximum atomic E-state index is 14.8. The Morgan fingerprint density at radius 3 is 2.38 bits per heavy atom. The summed E-state index contributed by atoms with van der Waals surface area (Å²) in [6.07, 6.45) is 2.81. The van der Waals surface area contributed by atoms with Crippen molar-refractivity contribution in [2.75, 3.05) is 18.4 Å². The van der Waals surface area contributed by atoms with Crippen molar-refractivity contribution < 1.29 is 12.8 Å². The molecule has 0 bridgehead atoms. The number of nitrogens with zero attached hydrogens (tertiary/aromatic N) is 4. The zero-order valence-corrected chi connectivity index (χ0v) is 22.9. The molecule has 1 saturated heterocycles. The predicted octanol–water partition coefficient (Wildman–Crippen LogP) is 1.11. The van der Waals surface area contributed by atoms with Crippen LogP contribution in [0, 0.1) is 5.82 Å². The summed E-state index contributed by atoms with van der Waals surface area (Å²) >= 11 is 0. The Balaban J connectivity index is 1.65. The van der Waals surface area contributed by atoms with E-state index in [1.807, 2.05) is 0 Å². The largest absolute Gasteiger partial charge is 0.352 e. The summed E-state index contributed by atoms with van der Waals surface area (Å²) in [6, 6.07) is 11.4. The molecule has 0 radical (unpaired) electrons. The topological polar surface area (TPSA) is 115 Å². The van der Waals surface area contributed by atoms with E-state index in [1.54, 1.807) is 20.0 Å². The molecule has 10 nitrogen and oxygen atoms in total. The van der Waals surface area contributed by atoms with Gasteiger partial charge in [-0.25, -0.2) is 22.2 Å². The van der Waals surface area contributed by atoms with E-state index in [0.717, 1.165) is 17.4 Å². The molecule has 206 valence electrons. The van der Waals surface area contributed by atoms with E-state index < -0.39 is 32.6 Å². The molecule has 2 fully saturated rings. The number of hydrogen-bond donors (Lipinski definition) is 1. The van der Waals surface area contributed by atoms with Crippen molar-refractivity contribution in [2.45, 2.75) is 36.6 Å². The first-order valence-electron chi connectivity index (χ1n) is 13.1. The maximum Gasteiger partial charge on any atom is 0.337 e. The van der Waals surface area contributed by atoms with Gasteiger partial charge >= 0.3 is 5.69 Å². The molecule has 1 N–H and O–H groups in total. The summed E-state index contributed by atoms with van der Waals surface area (Å²) in [4.78, 5) is 40.9. The van der Waals surface area contributed by atoms with Crippen molar-refractivity contribution in [3.63, 3.8) is 0 Å². The molecule has 4 aromatic rings. The summed E-state index contributed by atoms with van der Waals surface area (Å²) in [5.74, 6) is -0.565. The number of benzene rings is 2. The van der Waals surface area contributed by atoms with Crippen molar-refractivity contribution >= 4 is 45.7 Å². The van der Waals surface area contributed by atoms with Gasteiger partial charge in [-0.15, -0.1) is 0 Å². The fraction of sp³-hybridized carbons (Fsp3) is 0.296. The second kappa shape index (κ2) is 9.60. The summed E-state index contributed by atoms with van der Waals surface area (Å²) < 4.78 is 46.4. The van der Waals surface area contributed by atoms with Crippen molar-refractivity contribution in [3.8, 4) is 5.69 Å². The Hall–Kier alpha value is -3.97. The van der Waals surface area contributed by atoms with Crippen LogP contribution in [0.4, 0.5) is 15.8 Å². The lowest BCUT2D eigenvalue weighted by Gasteiger charge is -2.20. The molecule has 2 aromatic carbocycles. The Kier molecular flexibility index (Phi) is 6.30. The molecular weight excluding hydrogens is 536 g/mol. The second-order valence-corrected chi connectivity index (χ2v) is 12.3. The van der Waals surface area contributed by atoms with E-state index in [4.69, 9.17) is 0 Å².